The van der Waals surface area contributed by atoms with Crippen LogP contribution in [0.15, 0.2) is 40.9 Å². The molecule has 3 aromatic rings. The van der Waals surface area contributed by atoms with Crippen LogP contribution in [0.5, 0.6) is 11.5 Å². The van der Waals surface area contributed by atoms with Crippen LogP contribution in [-0.2, 0) is 5.41 Å². The Labute approximate surface area is 175 Å². The number of rotatable bonds is 6. The van der Waals surface area contributed by atoms with Gasteiger partial charge in [-0.25, -0.2) is 0 Å². The van der Waals surface area contributed by atoms with E-state index in [2.05, 4.69) is 22.3 Å². The summed E-state index contributed by atoms with van der Waals surface area (Å²) in [7, 11) is 3.11. The molecule has 1 aliphatic carbocycles. The molecule has 1 saturated carbocycles. The fraction of sp³-hybridized carbons (Fsp3) is 0.348. The van der Waals surface area contributed by atoms with Gasteiger partial charge in [0.15, 0.2) is 17.3 Å². The number of aromatic nitrogens is 2. The normalized spacial score (nSPS) is 15.2. The molecule has 0 saturated heterocycles. The van der Waals surface area contributed by atoms with Crippen molar-refractivity contribution in [2.75, 3.05) is 14.2 Å². The van der Waals surface area contributed by atoms with Crippen LogP contribution in [0.25, 0.3) is 11.1 Å². The van der Waals surface area contributed by atoms with Gasteiger partial charge in [0, 0.05) is 12.5 Å². The molecule has 2 aromatic carbocycles. The van der Waals surface area contributed by atoms with Gasteiger partial charge in [0.25, 0.3) is 0 Å². The van der Waals surface area contributed by atoms with Crippen LogP contribution in [0.3, 0.4) is 0 Å². The number of ether oxygens (including phenoxy) is 2. The molecule has 0 radical (unpaired) electrons. The van der Waals surface area contributed by atoms with E-state index in [9.17, 15) is 4.79 Å². The first-order chi connectivity index (χ1) is 14.5. The van der Waals surface area contributed by atoms with E-state index in [1.54, 1.807) is 26.4 Å². The first-order valence-corrected chi connectivity index (χ1v) is 9.96. The van der Waals surface area contributed by atoms with E-state index in [1.807, 2.05) is 19.1 Å². The molecular formula is C23H25N3O4. The number of nitrogens with zero attached hydrogens (tertiary/aromatic N) is 2. The Morgan fingerprint density at radius 1 is 1.07 bits per heavy atom. The molecule has 0 atom stereocenters. The van der Waals surface area contributed by atoms with Crippen molar-refractivity contribution in [1.82, 2.24) is 10.1 Å². The summed E-state index contributed by atoms with van der Waals surface area (Å²) in [6.07, 6.45) is 4.18. The van der Waals surface area contributed by atoms with Crippen molar-refractivity contribution in [3.63, 3.8) is 0 Å². The Morgan fingerprint density at radius 3 is 2.30 bits per heavy atom. The number of nitrogens with two attached hydrogens (primary N) is 1. The van der Waals surface area contributed by atoms with Crippen LogP contribution in [0.2, 0.25) is 0 Å². The van der Waals surface area contributed by atoms with Gasteiger partial charge >= 0.3 is 0 Å². The van der Waals surface area contributed by atoms with E-state index in [-0.39, 0.29) is 5.41 Å². The second-order valence-corrected chi connectivity index (χ2v) is 7.59. The Bertz CT molecular complexity index is 1070. The zero-order chi connectivity index (χ0) is 21.3. The largest absolute Gasteiger partial charge is 0.493 e. The monoisotopic (exact) mass is 407 g/mol. The van der Waals surface area contributed by atoms with Crippen LogP contribution in [0.4, 0.5) is 0 Å². The summed E-state index contributed by atoms with van der Waals surface area (Å²) in [5, 5.41) is 4.23. The minimum Gasteiger partial charge on any atom is -0.493 e. The summed E-state index contributed by atoms with van der Waals surface area (Å²) in [6.45, 7) is 1.81. The number of carbonyl (C=O) groups is 1. The average Bonchev–Trinajstić information content (AvgIpc) is 3.42. The van der Waals surface area contributed by atoms with Crippen molar-refractivity contribution >= 4 is 5.91 Å². The average molecular weight is 407 g/mol. The molecule has 1 fully saturated rings. The van der Waals surface area contributed by atoms with Crippen molar-refractivity contribution in [3.05, 3.63) is 59.2 Å². The maximum Gasteiger partial charge on any atom is 0.249 e. The number of carbonyl (C=O) groups excluding carboxylic acids is 1. The molecule has 0 unspecified atom stereocenters. The van der Waals surface area contributed by atoms with Crippen molar-refractivity contribution in [2.45, 2.75) is 38.0 Å². The zero-order valence-corrected chi connectivity index (χ0v) is 17.4. The maximum atomic E-state index is 12.1. The van der Waals surface area contributed by atoms with Crippen molar-refractivity contribution in [3.8, 4) is 22.6 Å². The SMILES string of the molecule is COc1ccc(C(N)=O)c(-c2ccc(C3(c4noc(C)n4)CCCC3)cc2)c1OC. The van der Waals surface area contributed by atoms with Gasteiger partial charge in [0.05, 0.1) is 25.2 Å². The number of hydrogen-bond acceptors (Lipinski definition) is 6. The zero-order valence-electron chi connectivity index (χ0n) is 17.4. The Balaban J connectivity index is 1.82. The molecule has 1 heterocycles. The van der Waals surface area contributed by atoms with Crippen LogP contribution >= 0.6 is 0 Å². The Kier molecular flexibility index (Phi) is 5.20. The van der Waals surface area contributed by atoms with Crippen LogP contribution in [-0.4, -0.2) is 30.3 Å². The highest BCUT2D eigenvalue weighted by molar-refractivity contribution is 6.02. The summed E-state index contributed by atoms with van der Waals surface area (Å²) in [5.41, 5.74) is 8.33. The van der Waals surface area contributed by atoms with Gasteiger partial charge in [0.1, 0.15) is 0 Å². The summed E-state index contributed by atoms with van der Waals surface area (Å²) >= 11 is 0. The van der Waals surface area contributed by atoms with Crippen molar-refractivity contribution in [2.24, 2.45) is 5.73 Å². The lowest BCUT2D eigenvalue weighted by atomic mass is 9.77. The molecular weight excluding hydrogens is 382 g/mol. The first kappa shape index (κ1) is 19.9. The Hall–Kier alpha value is -3.35. The second-order valence-electron chi connectivity index (χ2n) is 7.59. The lowest BCUT2D eigenvalue weighted by Crippen LogP contribution is -2.25. The van der Waals surface area contributed by atoms with Gasteiger partial charge in [-0.2, -0.15) is 4.98 Å². The molecule has 4 rings (SSSR count). The molecule has 1 amide bonds. The highest BCUT2D eigenvalue weighted by atomic mass is 16.5. The summed E-state index contributed by atoms with van der Waals surface area (Å²) < 4.78 is 16.3. The number of hydrogen-bond donors (Lipinski definition) is 1. The first-order valence-electron chi connectivity index (χ1n) is 9.96. The maximum absolute atomic E-state index is 12.1. The van der Waals surface area contributed by atoms with Gasteiger partial charge < -0.3 is 19.7 Å². The lowest BCUT2D eigenvalue weighted by Gasteiger charge is -2.26. The number of methoxy groups -OCH3 is 2. The number of amides is 1. The van der Waals surface area contributed by atoms with Crippen LogP contribution < -0.4 is 15.2 Å². The number of primary amides is 1. The summed E-state index contributed by atoms with van der Waals surface area (Å²) in [5.74, 6) is 1.80. The fourth-order valence-electron chi connectivity index (χ4n) is 4.49. The molecule has 1 aromatic heterocycles. The van der Waals surface area contributed by atoms with E-state index < -0.39 is 5.91 Å². The molecule has 0 spiro atoms. The van der Waals surface area contributed by atoms with E-state index in [1.165, 1.54) is 0 Å². The van der Waals surface area contributed by atoms with Crippen LogP contribution in [0, 0.1) is 6.92 Å². The topological polar surface area (TPSA) is 100 Å². The molecule has 0 aliphatic heterocycles. The standard InChI is InChI=1S/C23H25N3O4/c1-14-25-22(26-30-14)23(12-4-5-13-23)16-8-6-15(7-9-16)19-17(21(24)27)10-11-18(28-2)20(19)29-3/h6-11H,4-5,12-13H2,1-3H3,(H2,24,27). The van der Waals surface area contributed by atoms with E-state index >= 15 is 0 Å². The lowest BCUT2D eigenvalue weighted by molar-refractivity contribution is 0.100. The highest BCUT2D eigenvalue weighted by Crippen LogP contribution is 2.46. The van der Waals surface area contributed by atoms with Crippen molar-refractivity contribution < 1.29 is 18.8 Å². The van der Waals surface area contributed by atoms with Gasteiger partial charge in [0.2, 0.25) is 11.8 Å². The summed E-state index contributed by atoms with van der Waals surface area (Å²) in [4.78, 5) is 16.6. The van der Waals surface area contributed by atoms with E-state index in [0.29, 0.717) is 28.5 Å². The fourth-order valence-corrected chi connectivity index (χ4v) is 4.49. The molecule has 1 aliphatic rings. The van der Waals surface area contributed by atoms with Gasteiger partial charge in [-0.1, -0.05) is 42.3 Å². The van der Waals surface area contributed by atoms with Crippen molar-refractivity contribution in [1.29, 1.82) is 0 Å². The van der Waals surface area contributed by atoms with Gasteiger partial charge in [-0.05, 0) is 36.1 Å². The molecule has 7 nitrogen and oxygen atoms in total. The minimum absolute atomic E-state index is 0.249. The Morgan fingerprint density at radius 2 is 1.77 bits per heavy atom. The van der Waals surface area contributed by atoms with Crippen LogP contribution in [0.1, 0.15) is 53.3 Å². The van der Waals surface area contributed by atoms with E-state index in [0.717, 1.165) is 42.6 Å². The molecule has 2 N–H and O–H groups in total. The second kappa shape index (κ2) is 7.82. The smallest absolute Gasteiger partial charge is 0.249 e. The third kappa shape index (κ3) is 3.20. The third-order valence-electron chi connectivity index (χ3n) is 5.95. The predicted molar refractivity (Wildman–Crippen MR) is 112 cm³/mol. The number of aryl methyl sites for hydroxylation is 1. The molecule has 7 heteroatoms. The third-order valence-corrected chi connectivity index (χ3v) is 5.95. The van der Waals surface area contributed by atoms with E-state index in [4.69, 9.17) is 19.7 Å². The predicted octanol–water partition coefficient (Wildman–Crippen LogP) is 4.02. The minimum atomic E-state index is -0.524. The van der Waals surface area contributed by atoms with Gasteiger partial charge in [-0.3, -0.25) is 4.79 Å². The molecule has 0 bridgehead atoms. The number of benzene rings is 2. The molecule has 30 heavy (non-hydrogen) atoms. The molecule has 156 valence electrons. The quantitative estimate of drug-likeness (QED) is 0.662. The summed E-state index contributed by atoms with van der Waals surface area (Å²) in [6, 6.07) is 11.4. The van der Waals surface area contributed by atoms with Gasteiger partial charge in [-0.15, -0.1) is 0 Å². The highest BCUT2D eigenvalue weighted by Gasteiger charge is 2.41.